The highest BCUT2D eigenvalue weighted by Crippen LogP contribution is 2.40. The van der Waals surface area contributed by atoms with Gasteiger partial charge in [0.1, 0.15) is 0 Å². The molecule has 1 heterocycles. The summed E-state index contributed by atoms with van der Waals surface area (Å²) in [7, 11) is -0.435. The first-order chi connectivity index (χ1) is 11.5. The van der Waals surface area contributed by atoms with Crippen molar-refractivity contribution in [3.63, 3.8) is 0 Å². The molecule has 134 valence electrons. The maximum Gasteiger partial charge on any atom is 0.243 e. The Balaban J connectivity index is 2.00. The lowest BCUT2D eigenvalue weighted by atomic mass is 9.79. The molecule has 24 heavy (non-hydrogen) atoms. The smallest absolute Gasteiger partial charge is 0.243 e. The first kappa shape index (κ1) is 17.5. The fourth-order valence-corrected chi connectivity index (χ4v) is 6.22. The molecular formula is C18H27NO4S. The number of aryl methyl sites for hydroxylation is 1. The van der Waals surface area contributed by atoms with Gasteiger partial charge in [0.2, 0.25) is 10.0 Å². The Morgan fingerprint density at radius 1 is 1.00 bits per heavy atom. The minimum absolute atomic E-state index is 0.157. The molecule has 0 bridgehead atoms. The van der Waals surface area contributed by atoms with Crippen LogP contribution in [-0.2, 0) is 10.0 Å². The Bertz CT molecular complexity index is 699. The minimum atomic E-state index is -3.52. The van der Waals surface area contributed by atoms with E-state index in [-0.39, 0.29) is 6.04 Å². The van der Waals surface area contributed by atoms with Crippen molar-refractivity contribution in [2.24, 2.45) is 5.92 Å². The number of benzene rings is 1. The van der Waals surface area contributed by atoms with E-state index in [4.69, 9.17) is 9.47 Å². The van der Waals surface area contributed by atoms with Gasteiger partial charge in [0.05, 0.1) is 19.1 Å². The number of piperidine rings is 1. The van der Waals surface area contributed by atoms with Crippen molar-refractivity contribution < 1.29 is 17.9 Å². The second-order valence-corrected chi connectivity index (χ2v) is 8.70. The molecule has 0 amide bonds. The molecule has 0 N–H and O–H groups in total. The zero-order valence-corrected chi connectivity index (χ0v) is 15.6. The molecule has 1 aromatic carbocycles. The first-order valence-corrected chi connectivity index (χ1v) is 10.2. The Labute approximate surface area is 145 Å². The predicted octanol–water partition coefficient (Wildman–Crippen LogP) is 3.36. The highest BCUT2D eigenvalue weighted by Gasteiger charge is 2.40. The van der Waals surface area contributed by atoms with Gasteiger partial charge in [0.15, 0.2) is 11.5 Å². The van der Waals surface area contributed by atoms with E-state index in [2.05, 4.69) is 0 Å². The lowest BCUT2D eigenvalue weighted by Gasteiger charge is -2.43. The van der Waals surface area contributed by atoms with Gasteiger partial charge in [-0.3, -0.25) is 0 Å². The van der Waals surface area contributed by atoms with E-state index in [9.17, 15) is 8.42 Å². The molecule has 2 aliphatic rings. The number of rotatable bonds is 4. The van der Waals surface area contributed by atoms with E-state index in [1.807, 2.05) is 6.92 Å². The normalized spacial score (nSPS) is 25.1. The van der Waals surface area contributed by atoms with Crippen molar-refractivity contribution in [2.75, 3.05) is 20.8 Å². The molecule has 0 spiro atoms. The molecule has 1 saturated carbocycles. The fraction of sp³-hybridized carbons (Fsp3) is 0.667. The Morgan fingerprint density at radius 2 is 1.62 bits per heavy atom. The van der Waals surface area contributed by atoms with E-state index >= 15 is 0 Å². The third kappa shape index (κ3) is 3.02. The third-order valence-corrected chi connectivity index (χ3v) is 7.53. The van der Waals surface area contributed by atoms with E-state index in [0.717, 1.165) is 32.1 Å². The topological polar surface area (TPSA) is 55.8 Å². The molecule has 2 atom stereocenters. The predicted molar refractivity (Wildman–Crippen MR) is 93.2 cm³/mol. The maximum atomic E-state index is 13.4. The van der Waals surface area contributed by atoms with Crippen LogP contribution in [0.15, 0.2) is 17.0 Å². The van der Waals surface area contributed by atoms with Crippen LogP contribution in [0.5, 0.6) is 11.5 Å². The average Bonchev–Trinajstić information content (AvgIpc) is 2.60. The summed E-state index contributed by atoms with van der Waals surface area (Å²) in [5.41, 5.74) is 0.700. The Kier molecular flexibility index (Phi) is 5.06. The molecule has 0 radical (unpaired) electrons. The lowest BCUT2D eigenvalue weighted by Crippen LogP contribution is -2.49. The third-order valence-electron chi connectivity index (χ3n) is 5.46. The van der Waals surface area contributed by atoms with Crippen molar-refractivity contribution in [2.45, 2.75) is 56.4 Å². The number of hydrogen-bond donors (Lipinski definition) is 0. The maximum absolute atomic E-state index is 13.4. The van der Waals surface area contributed by atoms with Gasteiger partial charge < -0.3 is 9.47 Å². The number of hydrogen-bond acceptors (Lipinski definition) is 4. The SMILES string of the molecule is COc1cc(C)c(S(=O)(=O)N2CCCC3CCCCC32)cc1OC. The number of methoxy groups -OCH3 is 2. The van der Waals surface area contributed by atoms with Crippen LogP contribution in [0.1, 0.15) is 44.1 Å². The molecule has 2 unspecified atom stereocenters. The van der Waals surface area contributed by atoms with Crippen molar-refractivity contribution in [3.8, 4) is 11.5 Å². The number of sulfonamides is 1. The molecule has 1 aromatic rings. The summed E-state index contributed by atoms with van der Waals surface area (Å²) in [4.78, 5) is 0.339. The molecule has 1 saturated heterocycles. The highest BCUT2D eigenvalue weighted by molar-refractivity contribution is 7.89. The molecule has 5 nitrogen and oxygen atoms in total. The summed E-state index contributed by atoms with van der Waals surface area (Å²) in [6, 6.07) is 3.51. The summed E-state index contributed by atoms with van der Waals surface area (Å²) >= 11 is 0. The zero-order chi connectivity index (χ0) is 17.3. The standard InChI is InChI=1S/C18H27NO4S/c1-13-11-16(22-2)17(23-3)12-18(13)24(20,21)19-10-6-8-14-7-4-5-9-15(14)19/h11-12,14-15H,4-10H2,1-3H3. The van der Waals surface area contributed by atoms with Crippen molar-refractivity contribution >= 4 is 10.0 Å². The molecule has 2 fully saturated rings. The average molecular weight is 353 g/mol. The molecule has 6 heteroatoms. The van der Waals surface area contributed by atoms with E-state index in [1.54, 1.807) is 23.5 Å². The summed E-state index contributed by atoms with van der Waals surface area (Å²) in [6.07, 6.45) is 6.59. The summed E-state index contributed by atoms with van der Waals surface area (Å²) in [6.45, 7) is 2.44. The highest BCUT2D eigenvalue weighted by atomic mass is 32.2. The molecule has 3 rings (SSSR count). The van der Waals surface area contributed by atoms with Crippen LogP contribution < -0.4 is 9.47 Å². The second kappa shape index (κ2) is 6.92. The van der Waals surface area contributed by atoms with Crippen LogP contribution in [0.2, 0.25) is 0 Å². The van der Waals surface area contributed by atoms with Crippen LogP contribution in [0, 0.1) is 12.8 Å². The monoisotopic (exact) mass is 353 g/mol. The molecular weight excluding hydrogens is 326 g/mol. The van der Waals surface area contributed by atoms with Gasteiger partial charge in [-0.2, -0.15) is 4.31 Å². The van der Waals surface area contributed by atoms with Crippen molar-refractivity contribution in [1.29, 1.82) is 0 Å². The number of fused-ring (bicyclic) bond motifs is 1. The van der Waals surface area contributed by atoms with Gasteiger partial charge in [-0.1, -0.05) is 12.8 Å². The van der Waals surface area contributed by atoms with Gasteiger partial charge in [0, 0.05) is 18.7 Å². The minimum Gasteiger partial charge on any atom is -0.493 e. The van der Waals surface area contributed by atoms with E-state index in [0.29, 0.717) is 34.4 Å². The lowest BCUT2D eigenvalue weighted by molar-refractivity contribution is 0.129. The van der Waals surface area contributed by atoms with E-state index < -0.39 is 10.0 Å². The van der Waals surface area contributed by atoms with Crippen LogP contribution in [0.25, 0.3) is 0 Å². The number of nitrogens with zero attached hydrogens (tertiary/aromatic N) is 1. The first-order valence-electron chi connectivity index (χ1n) is 8.73. The quantitative estimate of drug-likeness (QED) is 0.833. The van der Waals surface area contributed by atoms with Gasteiger partial charge in [-0.15, -0.1) is 0 Å². The number of ether oxygens (including phenoxy) is 2. The van der Waals surface area contributed by atoms with Gasteiger partial charge in [-0.05, 0) is 50.2 Å². The van der Waals surface area contributed by atoms with Crippen LogP contribution in [-0.4, -0.2) is 39.5 Å². The van der Waals surface area contributed by atoms with Crippen LogP contribution in [0.4, 0.5) is 0 Å². The van der Waals surface area contributed by atoms with E-state index in [1.165, 1.54) is 13.5 Å². The van der Waals surface area contributed by atoms with Gasteiger partial charge in [0.25, 0.3) is 0 Å². The largest absolute Gasteiger partial charge is 0.493 e. The Morgan fingerprint density at radius 3 is 2.33 bits per heavy atom. The van der Waals surface area contributed by atoms with Crippen LogP contribution >= 0.6 is 0 Å². The summed E-state index contributed by atoms with van der Waals surface area (Å²) in [5, 5.41) is 0. The second-order valence-electron chi connectivity index (χ2n) is 6.84. The zero-order valence-electron chi connectivity index (χ0n) is 14.7. The fourth-order valence-electron chi connectivity index (χ4n) is 4.24. The van der Waals surface area contributed by atoms with Gasteiger partial charge >= 0.3 is 0 Å². The van der Waals surface area contributed by atoms with Crippen molar-refractivity contribution in [3.05, 3.63) is 17.7 Å². The summed E-state index contributed by atoms with van der Waals surface area (Å²) < 4.78 is 39.1. The summed E-state index contributed by atoms with van der Waals surface area (Å²) in [5.74, 6) is 1.53. The van der Waals surface area contributed by atoms with Gasteiger partial charge in [-0.25, -0.2) is 8.42 Å². The van der Waals surface area contributed by atoms with Crippen LogP contribution in [0.3, 0.4) is 0 Å². The Hall–Kier alpha value is -1.27. The molecule has 0 aromatic heterocycles. The molecule has 1 aliphatic heterocycles. The molecule has 1 aliphatic carbocycles. The van der Waals surface area contributed by atoms with Crippen molar-refractivity contribution in [1.82, 2.24) is 4.31 Å².